The van der Waals surface area contributed by atoms with E-state index in [4.69, 9.17) is 0 Å². The molecule has 1 heterocycles. The van der Waals surface area contributed by atoms with Crippen LogP contribution in [0.2, 0.25) is 0 Å². The van der Waals surface area contributed by atoms with E-state index in [2.05, 4.69) is 241 Å². The molecule has 11 aromatic rings. The first-order chi connectivity index (χ1) is 30.3. The summed E-state index contributed by atoms with van der Waals surface area (Å²) in [5.41, 5.74) is 15.3. The van der Waals surface area contributed by atoms with Gasteiger partial charge in [0.2, 0.25) is 0 Å². The Morgan fingerprint density at radius 1 is 0.361 bits per heavy atom. The van der Waals surface area contributed by atoms with Gasteiger partial charge in [0.1, 0.15) is 0 Å². The largest absolute Gasteiger partial charge is 0.309 e. The van der Waals surface area contributed by atoms with Crippen molar-refractivity contribution in [2.45, 2.75) is 5.41 Å². The van der Waals surface area contributed by atoms with Crippen molar-refractivity contribution in [2.75, 3.05) is 4.90 Å². The summed E-state index contributed by atoms with van der Waals surface area (Å²) in [6.45, 7) is 0. The van der Waals surface area contributed by atoms with Crippen molar-refractivity contribution in [2.24, 2.45) is 0 Å². The second-order valence-corrected chi connectivity index (χ2v) is 17.0. The summed E-state index contributed by atoms with van der Waals surface area (Å²) in [6.07, 6.45) is 0. The molecule has 1 aliphatic carbocycles. The number of nitrogens with zero attached hydrogens (tertiary/aromatic N) is 1. The Morgan fingerprint density at radius 2 is 0.885 bits per heavy atom. The highest BCUT2D eigenvalue weighted by Crippen LogP contribution is 2.59. The molecule has 0 radical (unpaired) electrons. The SMILES string of the molecule is c1ccc(-c2ccc(-c3c(N(c4ccccc4)c4ccc5c(c4)C(c4ccccc4)(c4ccccc4)c4ccccc4-5)c4ccccc4c4sc5ccccc5c34)cc2)cc1. The maximum absolute atomic E-state index is 2.54. The van der Waals surface area contributed by atoms with Gasteiger partial charge in [0.15, 0.2) is 0 Å². The van der Waals surface area contributed by atoms with Crippen LogP contribution < -0.4 is 4.90 Å². The van der Waals surface area contributed by atoms with Crippen molar-refractivity contribution >= 4 is 59.3 Å². The smallest absolute Gasteiger partial charge is 0.0714 e. The fourth-order valence-electron chi connectivity index (χ4n) is 10.2. The zero-order valence-electron chi connectivity index (χ0n) is 33.4. The number of para-hydroxylation sites is 1. The molecular weight excluding hydrogens is 755 g/mol. The van der Waals surface area contributed by atoms with Crippen molar-refractivity contribution in [1.82, 2.24) is 0 Å². The molecule has 1 nitrogen and oxygen atoms in total. The van der Waals surface area contributed by atoms with Crippen LogP contribution >= 0.6 is 11.3 Å². The van der Waals surface area contributed by atoms with Gasteiger partial charge in [0.25, 0.3) is 0 Å². The number of hydrogen-bond donors (Lipinski definition) is 0. The number of thiophene rings is 1. The summed E-state index contributed by atoms with van der Waals surface area (Å²) in [5, 5.41) is 5.05. The highest BCUT2D eigenvalue weighted by atomic mass is 32.1. The van der Waals surface area contributed by atoms with Crippen molar-refractivity contribution in [1.29, 1.82) is 0 Å². The van der Waals surface area contributed by atoms with Gasteiger partial charge in [-0.1, -0.05) is 206 Å². The van der Waals surface area contributed by atoms with Gasteiger partial charge in [0, 0.05) is 47.9 Å². The lowest BCUT2D eigenvalue weighted by molar-refractivity contribution is 0.768. The molecule has 0 fully saturated rings. The standard InChI is InChI=1S/C59H39NS/c1-5-19-40(20-6-1)41-33-35-42(36-34-41)55-56-51-30-16-18-32-54(51)61-58(56)50-29-14-13-28-49(50)57(55)60(45-25-11-4-12-26-45)46-37-38-48-47-27-15-17-31-52(47)59(53(48)39-46,43-21-7-2-8-22-43)44-23-9-3-10-24-44/h1-39H. The quantitative estimate of drug-likeness (QED) is 0.155. The summed E-state index contributed by atoms with van der Waals surface area (Å²) in [6, 6.07) is 87.3. The fourth-order valence-corrected chi connectivity index (χ4v) is 11.4. The molecule has 0 unspecified atom stereocenters. The van der Waals surface area contributed by atoms with Gasteiger partial charge in [-0.25, -0.2) is 0 Å². The topological polar surface area (TPSA) is 3.24 Å². The van der Waals surface area contributed by atoms with Crippen LogP contribution in [0.25, 0.3) is 64.3 Å². The lowest BCUT2D eigenvalue weighted by Gasteiger charge is -2.35. The maximum Gasteiger partial charge on any atom is 0.0714 e. The van der Waals surface area contributed by atoms with Crippen LogP contribution in [0, 0.1) is 0 Å². The predicted molar refractivity (Wildman–Crippen MR) is 260 cm³/mol. The number of hydrogen-bond acceptors (Lipinski definition) is 2. The summed E-state index contributed by atoms with van der Waals surface area (Å²) >= 11 is 1.90. The molecule has 0 spiro atoms. The van der Waals surface area contributed by atoms with Crippen LogP contribution in [0.1, 0.15) is 22.3 Å². The molecular formula is C59H39NS. The Hall–Kier alpha value is -7.52. The first-order valence-electron chi connectivity index (χ1n) is 21.0. The zero-order valence-corrected chi connectivity index (χ0v) is 34.2. The van der Waals surface area contributed by atoms with Gasteiger partial charge >= 0.3 is 0 Å². The molecule has 10 aromatic carbocycles. The number of fused-ring (bicyclic) bond motifs is 8. The van der Waals surface area contributed by atoms with Crippen LogP contribution in [-0.4, -0.2) is 0 Å². The minimum absolute atomic E-state index is 0.529. The Kier molecular flexibility index (Phi) is 8.33. The van der Waals surface area contributed by atoms with Crippen molar-refractivity contribution in [3.05, 3.63) is 259 Å². The Balaban J connectivity index is 1.20. The van der Waals surface area contributed by atoms with Crippen LogP contribution in [-0.2, 0) is 5.41 Å². The normalized spacial score (nSPS) is 12.7. The summed E-state index contributed by atoms with van der Waals surface area (Å²) in [7, 11) is 0. The second-order valence-electron chi connectivity index (χ2n) is 15.9. The molecule has 0 atom stereocenters. The van der Waals surface area contributed by atoms with Crippen LogP contribution in [0.3, 0.4) is 0 Å². The molecule has 0 saturated heterocycles. The van der Waals surface area contributed by atoms with Crippen molar-refractivity contribution in [3.8, 4) is 33.4 Å². The van der Waals surface area contributed by atoms with Crippen LogP contribution in [0.4, 0.5) is 17.1 Å². The monoisotopic (exact) mass is 793 g/mol. The fraction of sp³-hybridized carbons (Fsp3) is 0.0169. The highest BCUT2D eigenvalue weighted by Gasteiger charge is 2.46. The van der Waals surface area contributed by atoms with E-state index in [9.17, 15) is 0 Å². The predicted octanol–water partition coefficient (Wildman–Crippen LogP) is 16.4. The number of benzene rings is 10. The first kappa shape index (κ1) is 35.4. The van der Waals surface area contributed by atoms with Gasteiger partial charge in [-0.3, -0.25) is 0 Å². The minimum atomic E-state index is -0.529. The number of rotatable bonds is 7. The van der Waals surface area contributed by atoms with E-state index in [1.165, 1.54) is 92.3 Å². The number of anilines is 3. The van der Waals surface area contributed by atoms with E-state index in [0.717, 1.165) is 11.4 Å². The summed E-state index contributed by atoms with van der Waals surface area (Å²) < 4.78 is 2.60. The van der Waals surface area contributed by atoms with Gasteiger partial charge < -0.3 is 4.90 Å². The van der Waals surface area contributed by atoms with Gasteiger partial charge in [-0.15, -0.1) is 11.3 Å². The summed E-state index contributed by atoms with van der Waals surface area (Å²) in [4.78, 5) is 2.54. The van der Waals surface area contributed by atoms with E-state index in [1.54, 1.807) is 0 Å². The summed E-state index contributed by atoms with van der Waals surface area (Å²) in [5.74, 6) is 0. The van der Waals surface area contributed by atoms with Crippen LogP contribution in [0.15, 0.2) is 237 Å². The zero-order chi connectivity index (χ0) is 40.3. The van der Waals surface area contributed by atoms with Gasteiger partial charge in [-0.2, -0.15) is 0 Å². The molecule has 286 valence electrons. The lowest BCUT2D eigenvalue weighted by Crippen LogP contribution is -2.28. The molecule has 1 aromatic heterocycles. The molecule has 1 aliphatic rings. The van der Waals surface area contributed by atoms with Crippen LogP contribution in [0.5, 0.6) is 0 Å². The molecule has 0 N–H and O–H groups in total. The molecule has 12 rings (SSSR count). The maximum atomic E-state index is 2.54. The molecule has 0 saturated carbocycles. The highest BCUT2D eigenvalue weighted by molar-refractivity contribution is 7.26. The molecule has 0 aliphatic heterocycles. The Bertz CT molecular complexity index is 3350. The van der Waals surface area contributed by atoms with Crippen molar-refractivity contribution < 1.29 is 0 Å². The first-order valence-corrected chi connectivity index (χ1v) is 21.8. The van der Waals surface area contributed by atoms with E-state index in [-0.39, 0.29) is 0 Å². The third-order valence-corrected chi connectivity index (χ3v) is 13.9. The van der Waals surface area contributed by atoms with E-state index in [0.29, 0.717) is 0 Å². The molecule has 0 bridgehead atoms. The molecule has 61 heavy (non-hydrogen) atoms. The van der Waals surface area contributed by atoms with E-state index in [1.807, 2.05) is 11.3 Å². The van der Waals surface area contributed by atoms with E-state index >= 15 is 0 Å². The average Bonchev–Trinajstić information content (AvgIpc) is 3.87. The molecule has 0 amide bonds. The third-order valence-electron chi connectivity index (χ3n) is 12.7. The van der Waals surface area contributed by atoms with Crippen molar-refractivity contribution in [3.63, 3.8) is 0 Å². The second kappa shape index (κ2) is 14.3. The minimum Gasteiger partial charge on any atom is -0.309 e. The lowest BCUT2D eigenvalue weighted by atomic mass is 9.67. The van der Waals surface area contributed by atoms with Gasteiger partial charge in [0.05, 0.1) is 11.1 Å². The Labute approximate surface area is 360 Å². The van der Waals surface area contributed by atoms with E-state index < -0.39 is 5.41 Å². The molecule has 2 heteroatoms. The Morgan fingerprint density at radius 3 is 1.59 bits per heavy atom. The van der Waals surface area contributed by atoms with Gasteiger partial charge in [-0.05, 0) is 80.4 Å². The average molecular weight is 794 g/mol. The third kappa shape index (κ3) is 5.46.